The van der Waals surface area contributed by atoms with E-state index >= 15 is 0 Å². The lowest BCUT2D eigenvalue weighted by atomic mass is 10.3. The summed E-state index contributed by atoms with van der Waals surface area (Å²) < 4.78 is 5.45. The van der Waals surface area contributed by atoms with Crippen LogP contribution in [-0.4, -0.2) is 37.7 Å². The molecule has 1 saturated carbocycles. The van der Waals surface area contributed by atoms with E-state index in [1.807, 2.05) is 0 Å². The fourth-order valence-corrected chi connectivity index (χ4v) is 3.47. The second-order valence-corrected chi connectivity index (χ2v) is 7.05. The summed E-state index contributed by atoms with van der Waals surface area (Å²) in [6.07, 6.45) is 6.77. The third-order valence-electron chi connectivity index (χ3n) is 4.00. The van der Waals surface area contributed by atoms with Gasteiger partial charge in [0.25, 0.3) is 0 Å². The van der Waals surface area contributed by atoms with Crippen LogP contribution in [0.25, 0.3) is 0 Å². The Balaban J connectivity index is 0.00000312. The molecule has 0 aliphatic heterocycles. The molecule has 5 nitrogen and oxygen atoms in total. The first kappa shape index (κ1) is 22.2. The summed E-state index contributed by atoms with van der Waals surface area (Å²) in [4.78, 5) is 17.7. The van der Waals surface area contributed by atoms with E-state index in [2.05, 4.69) is 40.1 Å². The lowest BCUT2D eigenvalue weighted by Crippen LogP contribution is -2.38. The van der Waals surface area contributed by atoms with Crippen molar-refractivity contribution in [1.82, 2.24) is 10.6 Å². The van der Waals surface area contributed by atoms with Gasteiger partial charge in [-0.15, -0.1) is 35.3 Å². The van der Waals surface area contributed by atoms with Crippen LogP contribution in [0.15, 0.2) is 22.5 Å². The van der Waals surface area contributed by atoms with Crippen molar-refractivity contribution in [2.75, 3.05) is 19.6 Å². The number of hydrogen-bond donors (Lipinski definition) is 2. The van der Waals surface area contributed by atoms with E-state index in [0.29, 0.717) is 13.0 Å². The van der Waals surface area contributed by atoms with Crippen molar-refractivity contribution in [2.24, 2.45) is 4.99 Å². The van der Waals surface area contributed by atoms with Crippen LogP contribution < -0.4 is 10.6 Å². The maximum Gasteiger partial charge on any atom is 0.306 e. The molecule has 25 heavy (non-hydrogen) atoms. The zero-order valence-corrected chi connectivity index (χ0v) is 18.1. The largest absolute Gasteiger partial charge is 0.462 e. The first-order chi connectivity index (χ1) is 11.8. The van der Waals surface area contributed by atoms with Crippen molar-refractivity contribution >= 4 is 47.2 Å². The van der Waals surface area contributed by atoms with E-state index in [9.17, 15) is 4.79 Å². The van der Waals surface area contributed by atoms with E-state index in [-0.39, 0.29) is 36.0 Å². The highest BCUT2D eigenvalue weighted by Gasteiger charge is 2.18. The Bertz CT molecular complexity index is 502. The van der Waals surface area contributed by atoms with Crippen LogP contribution in [0.1, 0.15) is 50.3 Å². The molecule has 1 aliphatic rings. The van der Waals surface area contributed by atoms with E-state index < -0.39 is 0 Å². The van der Waals surface area contributed by atoms with Crippen LogP contribution in [0, 0.1) is 0 Å². The van der Waals surface area contributed by atoms with Gasteiger partial charge in [0.1, 0.15) is 6.10 Å². The average molecular weight is 479 g/mol. The molecule has 7 heteroatoms. The number of hydrogen-bond acceptors (Lipinski definition) is 4. The molecule has 1 heterocycles. The third-order valence-corrected chi connectivity index (χ3v) is 4.93. The number of rotatable bonds is 9. The molecule has 0 bridgehead atoms. The minimum Gasteiger partial charge on any atom is -0.462 e. The third kappa shape index (κ3) is 9.44. The van der Waals surface area contributed by atoms with Gasteiger partial charge in [-0.25, -0.2) is 0 Å². The predicted molar refractivity (Wildman–Crippen MR) is 115 cm³/mol. The van der Waals surface area contributed by atoms with Gasteiger partial charge >= 0.3 is 5.97 Å². The molecule has 0 spiro atoms. The van der Waals surface area contributed by atoms with Crippen LogP contribution in [0.4, 0.5) is 0 Å². The van der Waals surface area contributed by atoms with E-state index in [1.165, 1.54) is 17.7 Å². The van der Waals surface area contributed by atoms with Crippen LogP contribution in [-0.2, 0) is 16.0 Å². The van der Waals surface area contributed by atoms with E-state index in [4.69, 9.17) is 4.74 Å². The number of guanidine groups is 1. The van der Waals surface area contributed by atoms with Gasteiger partial charge in [0.05, 0.1) is 0 Å². The Morgan fingerprint density at radius 3 is 2.84 bits per heavy atom. The van der Waals surface area contributed by atoms with Gasteiger partial charge < -0.3 is 15.4 Å². The molecule has 0 radical (unpaired) electrons. The van der Waals surface area contributed by atoms with Crippen molar-refractivity contribution in [2.45, 2.75) is 58.0 Å². The zero-order chi connectivity index (χ0) is 17.0. The second kappa shape index (κ2) is 13.4. The normalized spacial score (nSPS) is 14.8. The number of esters is 1. The maximum absolute atomic E-state index is 11.8. The van der Waals surface area contributed by atoms with Gasteiger partial charge in [0.2, 0.25) is 0 Å². The molecule has 1 fully saturated rings. The van der Waals surface area contributed by atoms with Crippen LogP contribution in [0.5, 0.6) is 0 Å². The topological polar surface area (TPSA) is 62.7 Å². The number of thiophene rings is 1. The van der Waals surface area contributed by atoms with Gasteiger partial charge in [-0.2, -0.15) is 0 Å². The second-order valence-electron chi connectivity index (χ2n) is 6.02. The molecule has 1 aromatic heterocycles. The Labute approximate surface area is 172 Å². The van der Waals surface area contributed by atoms with Gasteiger partial charge in [-0.3, -0.25) is 9.79 Å². The summed E-state index contributed by atoms with van der Waals surface area (Å²) in [6, 6.07) is 4.22. The molecule has 0 atom stereocenters. The predicted octanol–water partition coefficient (Wildman–Crippen LogP) is 3.73. The van der Waals surface area contributed by atoms with Gasteiger partial charge in [-0.1, -0.05) is 6.07 Å². The lowest BCUT2D eigenvalue weighted by molar-refractivity contribution is -0.148. The Kier molecular flexibility index (Phi) is 11.9. The quantitative estimate of drug-likeness (QED) is 0.186. The summed E-state index contributed by atoms with van der Waals surface area (Å²) >= 11 is 1.77. The first-order valence-electron chi connectivity index (χ1n) is 9.02. The molecule has 2 N–H and O–H groups in total. The number of halogens is 1. The fraction of sp³-hybridized carbons (Fsp3) is 0.667. The first-order valence-corrected chi connectivity index (χ1v) is 9.90. The maximum atomic E-state index is 11.8. The van der Waals surface area contributed by atoms with Crippen LogP contribution in [0.3, 0.4) is 0 Å². The molecular weight excluding hydrogens is 449 g/mol. The number of nitrogens with zero attached hydrogens (tertiary/aromatic N) is 1. The molecule has 1 aliphatic carbocycles. The smallest absolute Gasteiger partial charge is 0.306 e. The number of carbonyl (C=O) groups is 1. The Morgan fingerprint density at radius 2 is 2.16 bits per heavy atom. The highest BCUT2D eigenvalue weighted by molar-refractivity contribution is 14.0. The average Bonchev–Trinajstić information content (AvgIpc) is 3.25. The van der Waals surface area contributed by atoms with Crippen molar-refractivity contribution in [3.8, 4) is 0 Å². The summed E-state index contributed by atoms with van der Waals surface area (Å²) in [5, 5.41) is 8.67. The molecule has 1 aromatic rings. The summed E-state index contributed by atoms with van der Waals surface area (Å²) in [6.45, 7) is 4.37. The fourth-order valence-electron chi connectivity index (χ4n) is 2.77. The SMILES string of the molecule is CCNC(=NCCCC(=O)OC1CCCC1)NCCc1cccs1.I. The molecule has 0 amide bonds. The highest BCUT2D eigenvalue weighted by Crippen LogP contribution is 2.21. The monoisotopic (exact) mass is 479 g/mol. The van der Waals surface area contributed by atoms with Gasteiger partial charge in [0.15, 0.2) is 5.96 Å². The lowest BCUT2D eigenvalue weighted by Gasteiger charge is -2.12. The summed E-state index contributed by atoms with van der Waals surface area (Å²) in [5.41, 5.74) is 0. The summed E-state index contributed by atoms with van der Waals surface area (Å²) in [7, 11) is 0. The van der Waals surface area contributed by atoms with E-state index in [1.54, 1.807) is 11.3 Å². The molecule has 0 aromatic carbocycles. The van der Waals surface area contributed by atoms with Crippen molar-refractivity contribution in [3.63, 3.8) is 0 Å². The molecule has 2 rings (SSSR count). The number of nitrogens with one attached hydrogen (secondary N) is 2. The highest BCUT2D eigenvalue weighted by atomic mass is 127. The van der Waals surface area contributed by atoms with E-state index in [0.717, 1.165) is 44.7 Å². The molecular formula is C18H30IN3O2S. The molecule has 0 unspecified atom stereocenters. The van der Waals surface area contributed by atoms with Crippen molar-refractivity contribution in [3.05, 3.63) is 22.4 Å². The number of carbonyl (C=O) groups excluding carboxylic acids is 1. The van der Waals surface area contributed by atoms with Crippen LogP contribution in [0.2, 0.25) is 0 Å². The molecule has 142 valence electrons. The van der Waals surface area contributed by atoms with Gasteiger partial charge in [-0.05, 0) is 56.9 Å². The zero-order valence-electron chi connectivity index (χ0n) is 15.0. The Hall–Kier alpha value is -0.830. The summed E-state index contributed by atoms with van der Waals surface area (Å²) in [5.74, 6) is 0.742. The molecule has 0 saturated heterocycles. The number of aliphatic imine (C=N–C) groups is 1. The minimum absolute atomic E-state index is 0. The number of ether oxygens (including phenoxy) is 1. The van der Waals surface area contributed by atoms with Gasteiger partial charge in [0, 0.05) is 30.9 Å². The Morgan fingerprint density at radius 1 is 1.36 bits per heavy atom. The van der Waals surface area contributed by atoms with Crippen LogP contribution >= 0.6 is 35.3 Å². The van der Waals surface area contributed by atoms with Crippen molar-refractivity contribution in [1.29, 1.82) is 0 Å². The van der Waals surface area contributed by atoms with Crippen molar-refractivity contribution < 1.29 is 9.53 Å². The standard InChI is InChI=1S/C18H29N3O2S.HI/c1-2-19-18(21-13-11-16-9-6-14-24-16)20-12-5-10-17(22)23-15-7-3-4-8-15;/h6,9,14-15H,2-5,7-8,10-13H2,1H3,(H2,19,20,21);1H. The minimum atomic E-state index is -0.0762.